The van der Waals surface area contributed by atoms with Crippen molar-refractivity contribution < 1.29 is 9.47 Å². The van der Waals surface area contributed by atoms with Crippen LogP contribution < -0.4 is 9.47 Å². The van der Waals surface area contributed by atoms with Crippen molar-refractivity contribution in [3.05, 3.63) is 52.3 Å². The Balaban J connectivity index is 2.23. The fourth-order valence-corrected chi connectivity index (χ4v) is 2.41. The molecule has 0 N–H and O–H groups in total. The smallest absolute Gasteiger partial charge is 0.180 e. The summed E-state index contributed by atoms with van der Waals surface area (Å²) in [4.78, 5) is 4.30. The van der Waals surface area contributed by atoms with Crippen LogP contribution in [0.1, 0.15) is 16.8 Å². The van der Waals surface area contributed by atoms with Crippen molar-refractivity contribution in [1.29, 1.82) is 0 Å². The minimum Gasteiger partial charge on any atom is -0.493 e. The number of nitrogens with zero attached hydrogens (tertiary/aromatic N) is 1. The number of hydrogen-bond acceptors (Lipinski definition) is 3. The lowest BCUT2D eigenvalue weighted by Gasteiger charge is -2.14. The summed E-state index contributed by atoms with van der Waals surface area (Å²) in [6.07, 6.45) is 1.75. The van der Waals surface area contributed by atoms with E-state index in [1.54, 1.807) is 13.3 Å². The number of benzene rings is 1. The SMILES string of the molecule is COc1cc(CBr)cc(Cl)c1OCc1ncccc1C. The summed E-state index contributed by atoms with van der Waals surface area (Å²) in [5, 5.41) is 1.25. The Morgan fingerprint density at radius 1 is 1.35 bits per heavy atom. The van der Waals surface area contributed by atoms with Crippen LogP contribution >= 0.6 is 27.5 Å². The molecule has 3 nitrogen and oxygen atoms in total. The topological polar surface area (TPSA) is 31.4 Å². The minimum atomic E-state index is 0.358. The molecule has 0 amide bonds. The van der Waals surface area contributed by atoms with Crippen molar-refractivity contribution in [3.8, 4) is 11.5 Å². The summed E-state index contributed by atoms with van der Waals surface area (Å²) in [6, 6.07) is 7.66. The molecule has 20 heavy (non-hydrogen) atoms. The van der Waals surface area contributed by atoms with E-state index in [0.717, 1.165) is 16.8 Å². The van der Waals surface area contributed by atoms with E-state index in [4.69, 9.17) is 21.1 Å². The number of ether oxygens (including phenoxy) is 2. The van der Waals surface area contributed by atoms with Crippen molar-refractivity contribution in [2.75, 3.05) is 7.11 Å². The zero-order valence-electron chi connectivity index (χ0n) is 11.3. The molecule has 0 spiro atoms. The van der Waals surface area contributed by atoms with E-state index in [2.05, 4.69) is 20.9 Å². The molecule has 0 bridgehead atoms. The number of hydrogen-bond donors (Lipinski definition) is 0. The van der Waals surface area contributed by atoms with Crippen LogP contribution in [0.25, 0.3) is 0 Å². The predicted octanol–water partition coefficient (Wildman–Crippen LogP) is 4.53. The lowest BCUT2D eigenvalue weighted by atomic mass is 10.2. The highest BCUT2D eigenvalue weighted by atomic mass is 79.9. The van der Waals surface area contributed by atoms with Crippen molar-refractivity contribution in [2.45, 2.75) is 18.9 Å². The third-order valence-corrected chi connectivity index (χ3v) is 3.84. The van der Waals surface area contributed by atoms with Gasteiger partial charge in [0.1, 0.15) is 6.61 Å². The first-order chi connectivity index (χ1) is 9.65. The highest BCUT2D eigenvalue weighted by Gasteiger charge is 2.12. The first-order valence-electron chi connectivity index (χ1n) is 6.11. The van der Waals surface area contributed by atoms with E-state index in [1.807, 2.05) is 31.2 Å². The van der Waals surface area contributed by atoms with Crippen molar-refractivity contribution >= 4 is 27.5 Å². The second kappa shape index (κ2) is 6.95. The molecule has 0 aliphatic heterocycles. The number of rotatable bonds is 5. The monoisotopic (exact) mass is 355 g/mol. The average Bonchev–Trinajstić information content (AvgIpc) is 2.46. The number of aromatic nitrogens is 1. The maximum absolute atomic E-state index is 6.25. The number of halogens is 2. The molecule has 0 aliphatic rings. The molecule has 0 atom stereocenters. The van der Waals surface area contributed by atoms with Gasteiger partial charge in [0.25, 0.3) is 0 Å². The van der Waals surface area contributed by atoms with E-state index in [1.165, 1.54) is 0 Å². The van der Waals surface area contributed by atoms with Gasteiger partial charge in [0.05, 0.1) is 17.8 Å². The molecule has 0 saturated carbocycles. The Morgan fingerprint density at radius 3 is 2.80 bits per heavy atom. The summed E-state index contributed by atoms with van der Waals surface area (Å²) in [5.41, 5.74) is 3.00. The van der Waals surface area contributed by atoms with Crippen LogP contribution in [0.5, 0.6) is 11.5 Å². The highest BCUT2D eigenvalue weighted by molar-refractivity contribution is 9.08. The van der Waals surface area contributed by atoms with Crippen LogP contribution in [0, 0.1) is 6.92 Å². The summed E-state index contributed by atoms with van der Waals surface area (Å²) in [7, 11) is 1.60. The Bertz CT molecular complexity index is 604. The van der Waals surface area contributed by atoms with Crippen LogP contribution in [0.3, 0.4) is 0 Å². The Morgan fingerprint density at radius 2 is 2.15 bits per heavy atom. The second-order valence-electron chi connectivity index (χ2n) is 4.30. The highest BCUT2D eigenvalue weighted by Crippen LogP contribution is 2.37. The van der Waals surface area contributed by atoms with Gasteiger partial charge in [-0.25, -0.2) is 0 Å². The maximum atomic E-state index is 6.25. The summed E-state index contributed by atoms with van der Waals surface area (Å²) >= 11 is 9.65. The normalized spacial score (nSPS) is 10.4. The van der Waals surface area contributed by atoms with Crippen molar-refractivity contribution in [3.63, 3.8) is 0 Å². The Labute approximate surface area is 132 Å². The minimum absolute atomic E-state index is 0.358. The molecule has 1 aromatic carbocycles. The van der Waals surface area contributed by atoms with Gasteiger partial charge in [-0.15, -0.1) is 0 Å². The van der Waals surface area contributed by atoms with E-state index in [-0.39, 0.29) is 0 Å². The Hall–Kier alpha value is -1.26. The van der Waals surface area contributed by atoms with E-state index in [9.17, 15) is 0 Å². The molecule has 0 aliphatic carbocycles. The summed E-state index contributed by atoms with van der Waals surface area (Å²) in [5.74, 6) is 1.17. The first kappa shape index (κ1) is 15.1. The summed E-state index contributed by atoms with van der Waals surface area (Å²) < 4.78 is 11.1. The van der Waals surface area contributed by atoms with Crippen LogP contribution in [-0.4, -0.2) is 12.1 Å². The van der Waals surface area contributed by atoms with Gasteiger partial charge in [-0.3, -0.25) is 4.98 Å². The van der Waals surface area contributed by atoms with E-state index < -0.39 is 0 Å². The van der Waals surface area contributed by atoms with Gasteiger partial charge in [-0.05, 0) is 36.2 Å². The van der Waals surface area contributed by atoms with Gasteiger partial charge < -0.3 is 9.47 Å². The molecular weight excluding hydrogens is 342 g/mol. The molecule has 2 rings (SSSR count). The van der Waals surface area contributed by atoms with Crippen LogP contribution in [0.4, 0.5) is 0 Å². The zero-order chi connectivity index (χ0) is 14.5. The average molecular weight is 357 g/mol. The van der Waals surface area contributed by atoms with Crippen LogP contribution in [-0.2, 0) is 11.9 Å². The van der Waals surface area contributed by atoms with Gasteiger partial charge in [0, 0.05) is 11.5 Å². The molecule has 0 radical (unpaired) electrons. The fraction of sp³-hybridized carbons (Fsp3) is 0.267. The number of aryl methyl sites for hydroxylation is 1. The third-order valence-electron chi connectivity index (χ3n) is 2.91. The van der Waals surface area contributed by atoms with E-state index in [0.29, 0.717) is 28.5 Å². The third kappa shape index (κ3) is 3.44. The molecule has 1 heterocycles. The van der Waals surface area contributed by atoms with Crippen molar-refractivity contribution in [2.24, 2.45) is 0 Å². The lowest BCUT2D eigenvalue weighted by molar-refractivity contribution is 0.280. The number of methoxy groups -OCH3 is 1. The standard InChI is InChI=1S/C15H15BrClNO2/c1-10-4-3-5-18-13(10)9-20-15-12(17)6-11(8-16)7-14(15)19-2/h3-7H,8-9H2,1-2H3. The Kier molecular flexibility index (Phi) is 5.26. The first-order valence-corrected chi connectivity index (χ1v) is 7.61. The second-order valence-corrected chi connectivity index (χ2v) is 5.27. The van der Waals surface area contributed by atoms with Crippen LogP contribution in [0.15, 0.2) is 30.5 Å². The number of alkyl halides is 1. The van der Waals surface area contributed by atoms with Crippen LogP contribution in [0.2, 0.25) is 5.02 Å². The lowest BCUT2D eigenvalue weighted by Crippen LogP contribution is -2.02. The van der Waals surface area contributed by atoms with Gasteiger partial charge >= 0.3 is 0 Å². The molecule has 0 saturated heterocycles. The van der Waals surface area contributed by atoms with Gasteiger partial charge in [-0.1, -0.05) is 33.6 Å². The fourth-order valence-electron chi connectivity index (χ4n) is 1.80. The summed E-state index contributed by atoms with van der Waals surface area (Å²) in [6.45, 7) is 2.36. The molecule has 0 fully saturated rings. The zero-order valence-corrected chi connectivity index (χ0v) is 13.7. The predicted molar refractivity (Wildman–Crippen MR) is 83.9 cm³/mol. The number of pyridine rings is 1. The molecule has 106 valence electrons. The maximum Gasteiger partial charge on any atom is 0.180 e. The van der Waals surface area contributed by atoms with E-state index >= 15 is 0 Å². The quantitative estimate of drug-likeness (QED) is 0.738. The van der Waals surface area contributed by atoms with Gasteiger partial charge in [-0.2, -0.15) is 0 Å². The molecular formula is C15H15BrClNO2. The van der Waals surface area contributed by atoms with Crippen molar-refractivity contribution in [1.82, 2.24) is 4.98 Å². The van der Waals surface area contributed by atoms with Gasteiger partial charge in [0.2, 0.25) is 0 Å². The molecule has 5 heteroatoms. The largest absolute Gasteiger partial charge is 0.493 e. The molecule has 2 aromatic rings. The molecule has 1 aromatic heterocycles. The molecule has 0 unspecified atom stereocenters. The van der Waals surface area contributed by atoms with Gasteiger partial charge in [0.15, 0.2) is 11.5 Å².